The maximum absolute atomic E-state index is 11.9. The average molecular weight is 438 g/mol. The van der Waals surface area contributed by atoms with Gasteiger partial charge in [-0.2, -0.15) is 5.10 Å². The van der Waals surface area contributed by atoms with Crippen LogP contribution in [0.15, 0.2) is 88.4 Å². The Morgan fingerprint density at radius 1 is 0.857 bits per heavy atom. The van der Waals surface area contributed by atoms with Crippen LogP contribution in [0.1, 0.15) is 5.56 Å². The van der Waals surface area contributed by atoms with Crippen LogP contribution < -0.4 is 15.5 Å². The van der Waals surface area contributed by atoms with Crippen LogP contribution in [0.5, 0.6) is 11.5 Å². The van der Waals surface area contributed by atoms with Crippen LogP contribution in [0, 0.1) is 0 Å². The van der Waals surface area contributed by atoms with Gasteiger partial charge >= 0.3 is 11.8 Å². The van der Waals surface area contributed by atoms with Gasteiger partial charge in [0.1, 0.15) is 11.5 Å². The van der Waals surface area contributed by atoms with Crippen LogP contribution in [0.25, 0.3) is 0 Å². The molecule has 0 saturated carbocycles. The molecule has 6 nitrogen and oxygen atoms in total. The first-order chi connectivity index (χ1) is 13.6. The Morgan fingerprint density at radius 2 is 1.57 bits per heavy atom. The lowest BCUT2D eigenvalue weighted by molar-refractivity contribution is -0.136. The second kappa shape index (κ2) is 9.48. The van der Waals surface area contributed by atoms with Gasteiger partial charge < -0.3 is 10.1 Å². The SMILES string of the molecule is O=C(N/N=C/c1cccc(Oc2ccccc2)c1)C(=O)Nc1ccc(Br)cc1. The van der Waals surface area contributed by atoms with Crippen molar-refractivity contribution in [2.24, 2.45) is 5.10 Å². The zero-order valence-corrected chi connectivity index (χ0v) is 16.2. The largest absolute Gasteiger partial charge is 0.457 e. The first-order valence-corrected chi connectivity index (χ1v) is 9.12. The Morgan fingerprint density at radius 3 is 2.32 bits per heavy atom. The van der Waals surface area contributed by atoms with Crippen LogP contribution in [0.3, 0.4) is 0 Å². The van der Waals surface area contributed by atoms with Gasteiger partial charge in [-0.25, -0.2) is 5.43 Å². The number of amides is 2. The maximum atomic E-state index is 11.9. The van der Waals surface area contributed by atoms with Gasteiger partial charge in [-0.15, -0.1) is 0 Å². The highest BCUT2D eigenvalue weighted by Crippen LogP contribution is 2.21. The fourth-order valence-corrected chi connectivity index (χ4v) is 2.48. The second-order valence-corrected chi connectivity index (χ2v) is 6.56. The van der Waals surface area contributed by atoms with Crippen molar-refractivity contribution < 1.29 is 14.3 Å². The molecule has 0 aliphatic carbocycles. The Bertz CT molecular complexity index is 989. The number of halogens is 1. The molecule has 0 spiro atoms. The molecule has 0 saturated heterocycles. The van der Waals surface area contributed by atoms with E-state index in [1.807, 2.05) is 42.5 Å². The predicted octanol–water partition coefficient (Wildman–Crippen LogP) is 4.33. The molecule has 3 aromatic rings. The van der Waals surface area contributed by atoms with E-state index in [4.69, 9.17) is 4.74 Å². The van der Waals surface area contributed by atoms with Crippen LogP contribution in [0.2, 0.25) is 0 Å². The lowest BCUT2D eigenvalue weighted by Gasteiger charge is -2.06. The fourth-order valence-electron chi connectivity index (χ4n) is 2.22. The van der Waals surface area contributed by atoms with Crippen molar-refractivity contribution in [3.05, 3.63) is 88.9 Å². The third-order valence-corrected chi connectivity index (χ3v) is 4.05. The second-order valence-electron chi connectivity index (χ2n) is 5.65. The molecule has 2 N–H and O–H groups in total. The lowest BCUT2D eigenvalue weighted by Crippen LogP contribution is -2.32. The molecule has 0 radical (unpaired) electrons. The number of carbonyl (C=O) groups excluding carboxylic acids is 2. The summed E-state index contributed by atoms with van der Waals surface area (Å²) in [6, 6.07) is 23.4. The minimum absolute atomic E-state index is 0.512. The van der Waals surface area contributed by atoms with Gasteiger partial charge in [0.2, 0.25) is 0 Å². The Hall–Kier alpha value is -3.45. The molecule has 3 aromatic carbocycles. The number of hydrazone groups is 1. The summed E-state index contributed by atoms with van der Waals surface area (Å²) < 4.78 is 6.62. The van der Waals surface area contributed by atoms with Gasteiger partial charge in [-0.3, -0.25) is 9.59 Å². The van der Waals surface area contributed by atoms with Crippen LogP contribution >= 0.6 is 15.9 Å². The molecule has 0 fully saturated rings. The smallest absolute Gasteiger partial charge is 0.329 e. The molecule has 0 unspecified atom stereocenters. The Labute approximate surface area is 170 Å². The molecule has 140 valence electrons. The molecule has 0 aliphatic heterocycles. The summed E-state index contributed by atoms with van der Waals surface area (Å²) in [6.07, 6.45) is 1.43. The Balaban J connectivity index is 1.55. The minimum Gasteiger partial charge on any atom is -0.457 e. The molecule has 0 heterocycles. The summed E-state index contributed by atoms with van der Waals surface area (Å²) in [6.45, 7) is 0. The van der Waals surface area contributed by atoms with E-state index in [0.717, 1.165) is 10.2 Å². The molecular weight excluding hydrogens is 422 g/mol. The van der Waals surface area contributed by atoms with E-state index in [9.17, 15) is 9.59 Å². The van der Waals surface area contributed by atoms with Crippen LogP contribution in [-0.2, 0) is 9.59 Å². The predicted molar refractivity (Wildman–Crippen MR) is 111 cm³/mol. The van der Waals surface area contributed by atoms with Gasteiger partial charge in [-0.05, 0) is 54.1 Å². The highest BCUT2D eigenvalue weighted by atomic mass is 79.9. The van der Waals surface area contributed by atoms with Crippen molar-refractivity contribution >= 4 is 39.6 Å². The number of benzene rings is 3. The Kier molecular flexibility index (Phi) is 6.54. The highest BCUT2D eigenvalue weighted by molar-refractivity contribution is 9.10. The van der Waals surface area contributed by atoms with Gasteiger partial charge in [0.15, 0.2) is 0 Å². The van der Waals surface area contributed by atoms with E-state index in [-0.39, 0.29) is 0 Å². The molecule has 0 aromatic heterocycles. The van der Waals surface area contributed by atoms with E-state index in [0.29, 0.717) is 17.0 Å². The topological polar surface area (TPSA) is 79.8 Å². The number of rotatable bonds is 5. The molecule has 0 aliphatic rings. The third kappa shape index (κ3) is 5.78. The molecule has 0 atom stereocenters. The van der Waals surface area contributed by atoms with Crippen LogP contribution in [0.4, 0.5) is 5.69 Å². The molecule has 3 rings (SSSR count). The van der Waals surface area contributed by atoms with Crippen molar-refractivity contribution in [1.29, 1.82) is 0 Å². The van der Waals surface area contributed by atoms with E-state index in [1.54, 1.807) is 36.4 Å². The number of para-hydroxylation sites is 1. The van der Waals surface area contributed by atoms with Gasteiger partial charge in [0, 0.05) is 10.2 Å². The third-order valence-electron chi connectivity index (χ3n) is 3.53. The fraction of sp³-hybridized carbons (Fsp3) is 0. The standard InChI is InChI=1S/C21H16BrN3O3/c22-16-9-11-17(12-10-16)24-20(26)21(27)25-23-14-15-5-4-8-19(13-15)28-18-6-2-1-3-7-18/h1-14H,(H,24,26)(H,25,27)/b23-14+. The number of anilines is 1. The summed E-state index contributed by atoms with van der Waals surface area (Å²) in [4.78, 5) is 23.7. The van der Waals surface area contributed by atoms with E-state index < -0.39 is 11.8 Å². The number of hydrogen-bond acceptors (Lipinski definition) is 4. The molecule has 28 heavy (non-hydrogen) atoms. The summed E-state index contributed by atoms with van der Waals surface area (Å²) >= 11 is 3.30. The number of nitrogens with zero attached hydrogens (tertiary/aromatic N) is 1. The molecular formula is C21H16BrN3O3. The first-order valence-electron chi connectivity index (χ1n) is 8.33. The average Bonchev–Trinajstić information content (AvgIpc) is 2.71. The van der Waals surface area contributed by atoms with Gasteiger partial charge in [0.25, 0.3) is 0 Å². The van der Waals surface area contributed by atoms with Crippen molar-refractivity contribution in [2.45, 2.75) is 0 Å². The minimum atomic E-state index is -0.865. The van der Waals surface area contributed by atoms with Crippen molar-refractivity contribution in [3.63, 3.8) is 0 Å². The molecule has 7 heteroatoms. The van der Waals surface area contributed by atoms with Gasteiger partial charge in [-0.1, -0.05) is 46.3 Å². The monoisotopic (exact) mass is 437 g/mol. The normalized spacial score (nSPS) is 10.5. The maximum Gasteiger partial charge on any atom is 0.329 e. The summed E-state index contributed by atoms with van der Waals surface area (Å²) in [7, 11) is 0. The van der Waals surface area contributed by atoms with Crippen molar-refractivity contribution in [2.75, 3.05) is 5.32 Å². The quantitative estimate of drug-likeness (QED) is 0.354. The van der Waals surface area contributed by atoms with E-state index in [2.05, 4.69) is 31.8 Å². The van der Waals surface area contributed by atoms with Crippen molar-refractivity contribution in [1.82, 2.24) is 5.43 Å². The zero-order valence-electron chi connectivity index (χ0n) is 14.6. The van der Waals surface area contributed by atoms with Crippen LogP contribution in [-0.4, -0.2) is 18.0 Å². The van der Waals surface area contributed by atoms with E-state index >= 15 is 0 Å². The number of ether oxygens (including phenoxy) is 1. The highest BCUT2D eigenvalue weighted by Gasteiger charge is 2.12. The first kappa shape index (κ1) is 19.3. The van der Waals surface area contributed by atoms with Gasteiger partial charge in [0.05, 0.1) is 6.21 Å². The lowest BCUT2D eigenvalue weighted by atomic mass is 10.2. The summed E-state index contributed by atoms with van der Waals surface area (Å²) in [5.74, 6) is -0.319. The number of hydrogen-bond donors (Lipinski definition) is 2. The summed E-state index contributed by atoms with van der Waals surface area (Å²) in [5.41, 5.74) is 3.42. The molecule has 2 amide bonds. The van der Waals surface area contributed by atoms with Crippen molar-refractivity contribution in [3.8, 4) is 11.5 Å². The number of carbonyl (C=O) groups is 2. The summed E-state index contributed by atoms with van der Waals surface area (Å²) in [5, 5.41) is 6.31. The zero-order chi connectivity index (χ0) is 19.8. The molecule has 0 bridgehead atoms. The number of nitrogens with one attached hydrogen (secondary N) is 2. The van der Waals surface area contributed by atoms with E-state index in [1.165, 1.54) is 6.21 Å².